The minimum absolute atomic E-state index is 0. The van der Waals surface area contributed by atoms with Crippen molar-refractivity contribution in [3.63, 3.8) is 0 Å². The van der Waals surface area contributed by atoms with Gasteiger partial charge in [-0.15, -0.1) is 0 Å². The molecule has 4 rings (SSSR count). The molecule has 2 aliphatic heterocycles. The van der Waals surface area contributed by atoms with Gasteiger partial charge in [-0.1, -0.05) is 32.1 Å². The molecule has 0 fully saturated rings. The summed E-state index contributed by atoms with van der Waals surface area (Å²) < 4.78 is 140. The summed E-state index contributed by atoms with van der Waals surface area (Å²) in [5, 5.41) is 0. The smallest absolute Gasteiger partial charge is 0.748 e. The number of hydrogen-bond acceptors (Lipinski definition) is 13. The van der Waals surface area contributed by atoms with Crippen LogP contribution in [0.15, 0.2) is 82.3 Å². The molecular formula is C33H39N2Na3O12S4. The van der Waals surface area contributed by atoms with Crippen LogP contribution in [0, 0.1) is 0 Å². The van der Waals surface area contributed by atoms with Gasteiger partial charge in [0.2, 0.25) is 5.69 Å². The first-order chi connectivity index (χ1) is 23.3. The second kappa shape index (κ2) is 19.7. The molecule has 0 atom stereocenters. The summed E-state index contributed by atoms with van der Waals surface area (Å²) in [6, 6.07) is 8.15. The maximum absolute atomic E-state index is 11.8. The average molecular weight is 853 g/mol. The summed E-state index contributed by atoms with van der Waals surface area (Å²) in [6.45, 7) is 8.02. The normalized spacial score (nSPS) is 17.3. The van der Waals surface area contributed by atoms with Crippen LogP contribution in [0.25, 0.3) is 0 Å². The summed E-state index contributed by atoms with van der Waals surface area (Å²) in [5.41, 5.74) is 2.28. The van der Waals surface area contributed by atoms with Crippen LogP contribution in [0.1, 0.15) is 64.5 Å². The Hall–Kier alpha value is -0.230. The molecule has 0 saturated heterocycles. The van der Waals surface area contributed by atoms with Crippen molar-refractivity contribution in [1.29, 1.82) is 0 Å². The zero-order valence-electron chi connectivity index (χ0n) is 31.4. The van der Waals surface area contributed by atoms with E-state index in [2.05, 4.69) is 0 Å². The van der Waals surface area contributed by atoms with Crippen LogP contribution in [-0.2, 0) is 51.3 Å². The van der Waals surface area contributed by atoms with Crippen LogP contribution in [0.3, 0.4) is 0 Å². The fourth-order valence-corrected chi connectivity index (χ4v) is 8.67. The zero-order valence-corrected chi connectivity index (χ0v) is 40.7. The molecule has 0 amide bonds. The number of unbranched alkanes of at least 4 members (excludes halogenated alkanes) is 2. The van der Waals surface area contributed by atoms with Crippen molar-refractivity contribution in [2.45, 2.75) is 74.0 Å². The fraction of sp³-hybridized carbons (Fsp3) is 0.424. The molecule has 280 valence electrons. The van der Waals surface area contributed by atoms with Gasteiger partial charge in [0.25, 0.3) is 0 Å². The molecule has 14 nitrogen and oxygen atoms in total. The summed E-state index contributed by atoms with van der Waals surface area (Å²) in [7, 11) is -18.3. The average Bonchev–Trinajstić information content (AvgIpc) is 3.33. The number of nitrogens with zero attached hydrogens (tertiary/aromatic N) is 2. The van der Waals surface area contributed by atoms with Crippen molar-refractivity contribution in [2.75, 3.05) is 29.5 Å². The molecule has 0 aliphatic carbocycles. The van der Waals surface area contributed by atoms with Gasteiger partial charge in [-0.3, -0.25) is 0 Å². The number of anilines is 1. The Bertz CT molecular complexity index is 2290. The van der Waals surface area contributed by atoms with E-state index in [1.165, 1.54) is 36.4 Å². The first-order valence-corrected chi connectivity index (χ1v) is 21.9. The van der Waals surface area contributed by atoms with Crippen LogP contribution in [0.4, 0.5) is 11.4 Å². The summed E-state index contributed by atoms with van der Waals surface area (Å²) in [5.74, 6) is -1.06. The molecule has 2 heterocycles. The van der Waals surface area contributed by atoms with Gasteiger partial charge >= 0.3 is 88.7 Å². The van der Waals surface area contributed by atoms with Crippen molar-refractivity contribution in [1.82, 2.24) is 0 Å². The van der Waals surface area contributed by atoms with Gasteiger partial charge in [0, 0.05) is 59.0 Å². The Balaban J connectivity index is 0.00000486. The molecule has 0 saturated carbocycles. The predicted molar refractivity (Wildman–Crippen MR) is 186 cm³/mol. The van der Waals surface area contributed by atoms with E-state index >= 15 is 0 Å². The Labute approximate surface area is 385 Å². The Kier molecular flexibility index (Phi) is 18.9. The number of rotatable bonds is 15. The molecule has 0 aromatic heterocycles. The molecule has 54 heavy (non-hydrogen) atoms. The molecule has 2 aliphatic rings. The van der Waals surface area contributed by atoms with Crippen molar-refractivity contribution < 1.29 is 145 Å². The van der Waals surface area contributed by atoms with Gasteiger partial charge in [0.15, 0.2) is 5.71 Å². The summed E-state index contributed by atoms with van der Waals surface area (Å²) in [6.07, 6.45) is 9.68. The van der Waals surface area contributed by atoms with E-state index in [0.717, 1.165) is 11.4 Å². The third kappa shape index (κ3) is 12.9. The largest absolute Gasteiger partial charge is 1.00 e. The number of fused-ring (bicyclic) bond motifs is 2. The van der Waals surface area contributed by atoms with E-state index in [4.69, 9.17) is 0 Å². The third-order valence-electron chi connectivity index (χ3n) is 9.09. The van der Waals surface area contributed by atoms with Crippen molar-refractivity contribution in [2.24, 2.45) is 0 Å². The Morgan fingerprint density at radius 2 is 1.17 bits per heavy atom. The van der Waals surface area contributed by atoms with E-state index in [-0.39, 0.29) is 111 Å². The van der Waals surface area contributed by atoms with Crippen molar-refractivity contribution in [3.05, 3.63) is 83.6 Å². The molecule has 2 aromatic rings. The van der Waals surface area contributed by atoms with Crippen LogP contribution >= 0.6 is 0 Å². The predicted octanol–water partition coefficient (Wildman–Crippen LogP) is -5.67. The first-order valence-electron chi connectivity index (χ1n) is 15.9. The number of benzene rings is 2. The quantitative estimate of drug-likeness (QED) is 0.0535. The van der Waals surface area contributed by atoms with Crippen LogP contribution in [-0.4, -0.2) is 86.8 Å². The van der Waals surface area contributed by atoms with Crippen LogP contribution < -0.4 is 93.6 Å². The van der Waals surface area contributed by atoms with Crippen LogP contribution in [0.2, 0.25) is 0 Å². The second-order valence-corrected chi connectivity index (χ2v) is 19.2. The molecule has 0 N–H and O–H groups in total. The topological polar surface area (TPSA) is 235 Å². The zero-order chi connectivity index (χ0) is 38.2. The molecule has 0 spiro atoms. The SMILES string of the molecule is CC1(C)C(/C=C/C=C/C=C2/N(CCCCS(=O)(=O)[O-])c3ccc(S(=O)(=O)[O-])cc3C2(C)C)=[N+](CCCCS(=O)(=O)[O-])c2ccc(S(=O)(=O)[O-])cc21.[Na+].[Na+].[Na+]. The fourth-order valence-electron chi connectivity index (χ4n) is 6.56. The molecule has 0 unspecified atom stereocenters. The molecule has 2 aromatic carbocycles. The van der Waals surface area contributed by atoms with E-state index in [1.807, 2.05) is 37.2 Å². The Morgan fingerprint density at radius 3 is 1.70 bits per heavy atom. The van der Waals surface area contributed by atoms with E-state index in [1.54, 1.807) is 30.4 Å². The monoisotopic (exact) mass is 852 g/mol. The number of allylic oxidation sites excluding steroid dienone is 6. The molecule has 0 bridgehead atoms. The van der Waals surface area contributed by atoms with Crippen molar-refractivity contribution in [3.8, 4) is 0 Å². The van der Waals surface area contributed by atoms with Gasteiger partial charge in [0.05, 0.1) is 35.4 Å². The number of hydrogen-bond donors (Lipinski definition) is 0. The first kappa shape index (κ1) is 51.8. The summed E-state index contributed by atoms with van der Waals surface area (Å²) in [4.78, 5) is 1.12. The van der Waals surface area contributed by atoms with E-state index < -0.39 is 62.8 Å². The minimum atomic E-state index is -4.74. The van der Waals surface area contributed by atoms with Gasteiger partial charge in [-0.2, -0.15) is 4.58 Å². The molecule has 0 radical (unpaired) electrons. The standard InChI is InChI=1S/C33H42N2O12S4.3Na/c1-32(2)26-22-24(50(42,43)44)14-16-28(26)34(18-8-10-20-48(36,37)38)30(32)12-6-5-7-13-31-33(3,4)27-23-25(51(45,46)47)15-17-29(27)35(31)19-9-11-21-49(39,40)41;;;/h5-7,12-17,22-23H,8-11,18-21H2,1-4H3,(H3-,36,37,38,39,40,41,42,43,44,45,46,47);;;/q;3*+1/p-3. The third-order valence-corrected chi connectivity index (χ3v) is 12.3. The van der Waals surface area contributed by atoms with Gasteiger partial charge in [-0.25, -0.2) is 33.7 Å². The van der Waals surface area contributed by atoms with Gasteiger partial charge in [0.1, 0.15) is 26.8 Å². The minimum Gasteiger partial charge on any atom is -0.748 e. The van der Waals surface area contributed by atoms with Gasteiger partial charge < -0.3 is 23.1 Å². The maximum Gasteiger partial charge on any atom is 1.00 e. The van der Waals surface area contributed by atoms with Crippen molar-refractivity contribution >= 4 is 57.6 Å². The summed E-state index contributed by atoms with van der Waals surface area (Å²) >= 11 is 0. The van der Waals surface area contributed by atoms with Crippen LogP contribution in [0.5, 0.6) is 0 Å². The Morgan fingerprint density at radius 1 is 0.648 bits per heavy atom. The molecular weight excluding hydrogens is 814 g/mol. The molecule has 21 heteroatoms. The maximum atomic E-state index is 11.8. The van der Waals surface area contributed by atoms with E-state index in [9.17, 15) is 51.9 Å². The van der Waals surface area contributed by atoms with E-state index in [0.29, 0.717) is 48.4 Å². The second-order valence-electron chi connectivity index (χ2n) is 13.4. The van der Waals surface area contributed by atoms with Gasteiger partial charge in [-0.05, 0) is 75.1 Å².